The van der Waals surface area contributed by atoms with Crippen molar-refractivity contribution in [2.75, 3.05) is 6.61 Å². The van der Waals surface area contributed by atoms with E-state index in [-0.39, 0.29) is 23.1 Å². The van der Waals surface area contributed by atoms with Crippen LogP contribution in [0.1, 0.15) is 80.6 Å². The van der Waals surface area contributed by atoms with Crippen LogP contribution in [-0.4, -0.2) is 18.4 Å². The third kappa shape index (κ3) is 3.32. The Bertz CT molecular complexity index is 338. The molecule has 0 aliphatic carbocycles. The van der Waals surface area contributed by atoms with Gasteiger partial charge in [0.25, 0.3) is 0 Å². The molecule has 1 unspecified atom stereocenters. The topological polar surface area (TPSA) is 43.4 Å². The standard InChI is InChI=1S/C18H34O3/c1-8-15(14(7)19)17(9-2,10-3)18(11-4,12-5)16(20)21-13-6/h15H,8-13H2,1-7H3. The second kappa shape index (κ2) is 8.55. The van der Waals surface area contributed by atoms with Crippen molar-refractivity contribution in [2.45, 2.75) is 80.6 Å². The number of hydrogen-bond donors (Lipinski definition) is 0. The predicted molar refractivity (Wildman–Crippen MR) is 87.1 cm³/mol. The lowest BCUT2D eigenvalue weighted by Crippen LogP contribution is -2.53. The van der Waals surface area contributed by atoms with Gasteiger partial charge in [0.1, 0.15) is 5.78 Å². The summed E-state index contributed by atoms with van der Waals surface area (Å²) in [7, 11) is 0. The molecule has 124 valence electrons. The minimum atomic E-state index is -0.571. The Morgan fingerprint density at radius 3 is 1.62 bits per heavy atom. The molecule has 1 atom stereocenters. The zero-order valence-corrected chi connectivity index (χ0v) is 15.0. The van der Waals surface area contributed by atoms with Gasteiger partial charge in [-0.05, 0) is 51.4 Å². The molecule has 0 heterocycles. The quantitative estimate of drug-likeness (QED) is 0.545. The maximum atomic E-state index is 12.8. The molecule has 0 saturated carbocycles. The highest BCUT2D eigenvalue weighted by atomic mass is 16.5. The summed E-state index contributed by atoms with van der Waals surface area (Å²) in [5.74, 6) is -0.0213. The van der Waals surface area contributed by atoms with Crippen molar-refractivity contribution in [1.29, 1.82) is 0 Å². The lowest BCUT2D eigenvalue weighted by Gasteiger charge is -2.51. The summed E-state index contributed by atoms with van der Waals surface area (Å²) in [6.07, 6.45) is 3.85. The van der Waals surface area contributed by atoms with E-state index in [0.29, 0.717) is 19.4 Å². The molecule has 0 amide bonds. The highest BCUT2D eigenvalue weighted by Crippen LogP contribution is 2.56. The molecule has 3 heteroatoms. The SMILES string of the molecule is CCOC(=O)C(CC)(CC)C(CC)(CC)C(CC)C(C)=O. The van der Waals surface area contributed by atoms with Gasteiger partial charge in [-0.25, -0.2) is 0 Å². The third-order valence-corrected chi connectivity index (χ3v) is 5.65. The van der Waals surface area contributed by atoms with E-state index >= 15 is 0 Å². The van der Waals surface area contributed by atoms with Crippen LogP contribution >= 0.6 is 0 Å². The molecule has 3 nitrogen and oxygen atoms in total. The fourth-order valence-corrected chi connectivity index (χ4v) is 4.54. The van der Waals surface area contributed by atoms with Gasteiger partial charge in [-0.2, -0.15) is 0 Å². The lowest BCUT2D eigenvalue weighted by atomic mass is 9.51. The largest absolute Gasteiger partial charge is 0.466 e. The van der Waals surface area contributed by atoms with E-state index in [9.17, 15) is 9.59 Å². The van der Waals surface area contributed by atoms with Crippen molar-refractivity contribution >= 4 is 11.8 Å². The maximum Gasteiger partial charge on any atom is 0.312 e. The van der Waals surface area contributed by atoms with Crippen LogP contribution in [0.15, 0.2) is 0 Å². The second-order valence-corrected chi connectivity index (χ2v) is 5.94. The van der Waals surface area contributed by atoms with E-state index in [1.807, 2.05) is 27.7 Å². The molecule has 21 heavy (non-hydrogen) atoms. The summed E-state index contributed by atoms with van der Waals surface area (Å²) < 4.78 is 5.42. The Morgan fingerprint density at radius 1 is 0.905 bits per heavy atom. The summed E-state index contributed by atoms with van der Waals surface area (Å²) in [5.41, 5.74) is -0.887. The van der Waals surface area contributed by atoms with E-state index in [2.05, 4.69) is 13.8 Å². The molecule has 0 fully saturated rings. The fourth-order valence-electron chi connectivity index (χ4n) is 4.54. The van der Waals surface area contributed by atoms with Crippen LogP contribution in [0.5, 0.6) is 0 Å². The smallest absolute Gasteiger partial charge is 0.312 e. The van der Waals surface area contributed by atoms with E-state index in [1.165, 1.54) is 0 Å². The van der Waals surface area contributed by atoms with Gasteiger partial charge in [0.05, 0.1) is 12.0 Å². The van der Waals surface area contributed by atoms with Gasteiger partial charge < -0.3 is 4.74 Å². The molecule has 0 aromatic rings. The maximum absolute atomic E-state index is 12.8. The number of rotatable bonds is 10. The Labute approximate surface area is 130 Å². The molecule has 0 N–H and O–H groups in total. The molecule has 0 aromatic carbocycles. The van der Waals surface area contributed by atoms with Crippen LogP contribution in [0.4, 0.5) is 0 Å². The predicted octanol–water partition coefficient (Wildman–Crippen LogP) is 4.78. The third-order valence-electron chi connectivity index (χ3n) is 5.65. The first-order valence-corrected chi connectivity index (χ1v) is 8.54. The van der Waals surface area contributed by atoms with E-state index in [4.69, 9.17) is 4.74 Å². The average molecular weight is 298 g/mol. The highest BCUT2D eigenvalue weighted by Gasteiger charge is 2.57. The van der Waals surface area contributed by atoms with Crippen LogP contribution in [0, 0.1) is 16.7 Å². The van der Waals surface area contributed by atoms with Crippen molar-refractivity contribution in [1.82, 2.24) is 0 Å². The van der Waals surface area contributed by atoms with Crippen molar-refractivity contribution in [3.63, 3.8) is 0 Å². The Balaban J connectivity index is 6.17. The highest BCUT2D eigenvalue weighted by molar-refractivity contribution is 5.83. The molecule has 0 aliphatic rings. The second-order valence-electron chi connectivity index (χ2n) is 5.94. The first kappa shape index (κ1) is 20.1. The molecule has 0 bridgehead atoms. The number of esters is 1. The number of ketones is 1. The zero-order valence-electron chi connectivity index (χ0n) is 15.0. The van der Waals surface area contributed by atoms with Crippen LogP contribution in [0.25, 0.3) is 0 Å². The number of hydrogen-bond acceptors (Lipinski definition) is 3. The van der Waals surface area contributed by atoms with E-state index in [0.717, 1.165) is 19.3 Å². The lowest BCUT2D eigenvalue weighted by molar-refractivity contribution is -0.173. The number of Topliss-reactive ketones (excluding diaryl/α,β-unsaturated/α-hetero) is 1. The zero-order chi connectivity index (χ0) is 16.7. The van der Waals surface area contributed by atoms with Gasteiger partial charge in [0.15, 0.2) is 0 Å². The Hall–Kier alpha value is -0.860. The molecule has 0 aliphatic heterocycles. The number of carbonyl (C=O) groups is 2. The molecular formula is C18H34O3. The van der Waals surface area contributed by atoms with Crippen molar-refractivity contribution in [3.05, 3.63) is 0 Å². The normalized spacial score (nSPS) is 13.9. The summed E-state index contributed by atoms with van der Waals surface area (Å²) >= 11 is 0. The van der Waals surface area contributed by atoms with Crippen molar-refractivity contribution < 1.29 is 14.3 Å². The van der Waals surface area contributed by atoms with Crippen LogP contribution in [0.2, 0.25) is 0 Å². The van der Waals surface area contributed by atoms with Crippen LogP contribution in [-0.2, 0) is 14.3 Å². The van der Waals surface area contributed by atoms with Gasteiger partial charge in [0.2, 0.25) is 0 Å². The van der Waals surface area contributed by atoms with Gasteiger partial charge in [0, 0.05) is 5.92 Å². The van der Waals surface area contributed by atoms with Gasteiger partial charge in [-0.15, -0.1) is 0 Å². The average Bonchev–Trinajstić information content (AvgIpc) is 2.47. The van der Waals surface area contributed by atoms with Gasteiger partial charge >= 0.3 is 5.97 Å². The van der Waals surface area contributed by atoms with Gasteiger partial charge in [-0.1, -0.05) is 34.6 Å². The van der Waals surface area contributed by atoms with E-state index in [1.54, 1.807) is 6.92 Å². The fraction of sp³-hybridized carbons (Fsp3) is 0.889. The molecular weight excluding hydrogens is 264 g/mol. The van der Waals surface area contributed by atoms with E-state index < -0.39 is 5.41 Å². The van der Waals surface area contributed by atoms with Gasteiger partial charge in [-0.3, -0.25) is 9.59 Å². The first-order chi connectivity index (χ1) is 9.87. The summed E-state index contributed by atoms with van der Waals surface area (Å²) in [6.45, 7) is 14.3. The Kier molecular flexibility index (Phi) is 8.20. The minimum absolute atomic E-state index is 0.0863. The van der Waals surface area contributed by atoms with Crippen molar-refractivity contribution in [2.24, 2.45) is 16.7 Å². The van der Waals surface area contributed by atoms with Crippen LogP contribution < -0.4 is 0 Å². The molecule has 0 spiro atoms. The summed E-state index contributed by atoms with van der Waals surface area (Å²) in [5, 5.41) is 0. The molecule has 0 radical (unpaired) electrons. The summed E-state index contributed by atoms with van der Waals surface area (Å²) in [6, 6.07) is 0. The summed E-state index contributed by atoms with van der Waals surface area (Å²) in [4.78, 5) is 25.0. The molecule has 0 saturated heterocycles. The monoisotopic (exact) mass is 298 g/mol. The van der Waals surface area contributed by atoms with Crippen molar-refractivity contribution in [3.8, 4) is 0 Å². The number of carbonyl (C=O) groups excluding carboxylic acids is 2. The van der Waals surface area contributed by atoms with Crippen LogP contribution in [0.3, 0.4) is 0 Å². The Morgan fingerprint density at radius 2 is 1.38 bits per heavy atom. The minimum Gasteiger partial charge on any atom is -0.466 e. The number of ether oxygens (including phenoxy) is 1. The first-order valence-electron chi connectivity index (χ1n) is 8.54. The molecule has 0 rings (SSSR count). The molecule has 0 aromatic heterocycles.